The summed E-state index contributed by atoms with van der Waals surface area (Å²) < 4.78 is 32.8. The maximum Gasteiger partial charge on any atom is 0.242 e. The van der Waals surface area contributed by atoms with Gasteiger partial charge in [0.2, 0.25) is 10.0 Å². The molecular weight excluding hydrogens is 446 g/mol. The molecular formula is C24H31NO7S. The molecule has 2 aliphatic rings. The van der Waals surface area contributed by atoms with Crippen LogP contribution in [0.25, 0.3) is 0 Å². The van der Waals surface area contributed by atoms with Crippen molar-refractivity contribution >= 4 is 10.0 Å². The van der Waals surface area contributed by atoms with Crippen LogP contribution in [0.15, 0.2) is 47.4 Å². The molecule has 0 amide bonds. The van der Waals surface area contributed by atoms with Gasteiger partial charge in [-0.1, -0.05) is 36.4 Å². The van der Waals surface area contributed by atoms with E-state index < -0.39 is 47.2 Å². The topological polar surface area (TPSA) is 128 Å². The van der Waals surface area contributed by atoms with E-state index in [1.807, 2.05) is 12.1 Å². The second-order valence-corrected chi connectivity index (χ2v) is 11.2. The second-order valence-electron chi connectivity index (χ2n) is 9.10. The van der Waals surface area contributed by atoms with Crippen molar-refractivity contribution in [2.24, 2.45) is 0 Å². The first kappa shape index (κ1) is 24.3. The summed E-state index contributed by atoms with van der Waals surface area (Å²) in [6, 6.07) is 12.8. The van der Waals surface area contributed by atoms with Crippen molar-refractivity contribution in [1.82, 2.24) is 4.31 Å². The lowest BCUT2D eigenvalue weighted by molar-refractivity contribution is -0.231. The Labute approximate surface area is 194 Å². The number of nitrogens with zero attached hydrogens (tertiary/aromatic N) is 1. The zero-order valence-corrected chi connectivity index (χ0v) is 19.5. The Kier molecular flexibility index (Phi) is 6.93. The lowest BCUT2D eigenvalue weighted by atomic mass is 9.90. The molecule has 180 valence electrons. The molecule has 1 aliphatic carbocycles. The van der Waals surface area contributed by atoms with Crippen LogP contribution in [0.1, 0.15) is 47.1 Å². The minimum absolute atomic E-state index is 0.145. The molecule has 8 nitrogen and oxygen atoms in total. The van der Waals surface area contributed by atoms with Crippen LogP contribution in [0.3, 0.4) is 0 Å². The summed E-state index contributed by atoms with van der Waals surface area (Å²) >= 11 is 0. The van der Waals surface area contributed by atoms with Gasteiger partial charge in [0.15, 0.2) is 0 Å². The molecule has 4 N–H and O–H groups in total. The summed E-state index contributed by atoms with van der Waals surface area (Å²) in [7, 11) is -0.800. The average molecular weight is 478 g/mol. The molecule has 0 bridgehead atoms. The molecule has 2 fully saturated rings. The minimum Gasteiger partial charge on any atom is -0.394 e. The first-order valence-corrected chi connectivity index (χ1v) is 12.5. The van der Waals surface area contributed by atoms with Crippen LogP contribution in [0.4, 0.5) is 0 Å². The Balaban J connectivity index is 1.71. The van der Waals surface area contributed by atoms with E-state index >= 15 is 0 Å². The van der Waals surface area contributed by atoms with E-state index in [4.69, 9.17) is 4.74 Å². The molecule has 1 heterocycles. The lowest BCUT2D eigenvalue weighted by Crippen LogP contribution is -2.55. The molecule has 1 saturated heterocycles. The van der Waals surface area contributed by atoms with Gasteiger partial charge in [-0.15, -0.1) is 0 Å². The second kappa shape index (κ2) is 9.42. The molecule has 0 radical (unpaired) electrons. The summed E-state index contributed by atoms with van der Waals surface area (Å²) in [5, 5.41) is 40.3. The van der Waals surface area contributed by atoms with Crippen molar-refractivity contribution in [2.75, 3.05) is 20.7 Å². The zero-order valence-electron chi connectivity index (χ0n) is 18.7. The normalized spacial score (nSPS) is 28.3. The lowest BCUT2D eigenvalue weighted by Gasteiger charge is -2.40. The summed E-state index contributed by atoms with van der Waals surface area (Å²) in [5.41, 5.74) is 3.21. The third-order valence-electron chi connectivity index (χ3n) is 6.49. The van der Waals surface area contributed by atoms with E-state index in [0.29, 0.717) is 23.5 Å². The molecule has 5 atom stereocenters. The molecule has 1 aliphatic heterocycles. The standard InChI is InChI=1S/C24H31NO7S/c1-25(2)33(30,31)20-10-9-17(24-23(29)22(28)21(27)19(13-26)32-24)12-18(20)11-14-3-5-15(6-4-14)16-7-8-16/h3-6,9-10,12,16,19,21-24,26-29H,7-8,11,13H2,1-2H3/t19-,21-,22+,23-,24+/m1/s1. The van der Waals surface area contributed by atoms with Crippen molar-refractivity contribution in [2.45, 2.75) is 60.6 Å². The van der Waals surface area contributed by atoms with E-state index in [0.717, 1.165) is 9.87 Å². The van der Waals surface area contributed by atoms with Crippen molar-refractivity contribution in [3.63, 3.8) is 0 Å². The fraction of sp³-hybridized carbons (Fsp3) is 0.500. The number of ether oxygens (including phenoxy) is 1. The first-order valence-electron chi connectivity index (χ1n) is 11.1. The van der Waals surface area contributed by atoms with Gasteiger partial charge in [0.05, 0.1) is 11.5 Å². The van der Waals surface area contributed by atoms with Gasteiger partial charge in [0, 0.05) is 14.1 Å². The highest BCUT2D eigenvalue weighted by atomic mass is 32.2. The predicted molar refractivity (Wildman–Crippen MR) is 121 cm³/mol. The fourth-order valence-corrected chi connectivity index (χ4v) is 5.38. The van der Waals surface area contributed by atoms with Gasteiger partial charge >= 0.3 is 0 Å². The Morgan fingerprint density at radius 1 is 0.939 bits per heavy atom. The maximum atomic E-state index is 13.0. The smallest absolute Gasteiger partial charge is 0.242 e. The van der Waals surface area contributed by atoms with Gasteiger partial charge in [-0.2, -0.15) is 0 Å². The van der Waals surface area contributed by atoms with Crippen molar-refractivity contribution < 1.29 is 33.6 Å². The predicted octanol–water partition coefficient (Wildman–Crippen LogP) is 0.920. The summed E-state index contributed by atoms with van der Waals surface area (Å²) in [6.45, 7) is -0.533. The van der Waals surface area contributed by atoms with E-state index in [9.17, 15) is 28.8 Å². The van der Waals surface area contributed by atoms with E-state index in [1.165, 1.54) is 44.6 Å². The van der Waals surface area contributed by atoms with Crippen LogP contribution in [0.5, 0.6) is 0 Å². The third-order valence-corrected chi connectivity index (χ3v) is 8.40. The van der Waals surface area contributed by atoms with Gasteiger partial charge in [-0.05, 0) is 53.5 Å². The highest BCUT2D eigenvalue weighted by Gasteiger charge is 2.44. The number of rotatable bonds is 7. The SMILES string of the molecule is CN(C)S(=O)(=O)c1ccc([C@@H]2O[C@H](CO)[C@@H](O)[C@H](O)[C@H]2O)cc1Cc1ccc(C2CC2)cc1. The van der Waals surface area contributed by atoms with Crippen LogP contribution in [-0.2, 0) is 21.2 Å². The number of aliphatic hydroxyl groups is 4. The highest BCUT2D eigenvalue weighted by Crippen LogP contribution is 2.40. The maximum absolute atomic E-state index is 13.0. The molecule has 2 aromatic carbocycles. The number of hydrogen-bond acceptors (Lipinski definition) is 7. The van der Waals surface area contributed by atoms with Crippen LogP contribution in [0.2, 0.25) is 0 Å². The summed E-state index contributed by atoms with van der Waals surface area (Å²) in [4.78, 5) is 0.145. The monoisotopic (exact) mass is 477 g/mol. The molecule has 33 heavy (non-hydrogen) atoms. The Hall–Kier alpha value is -1.85. The largest absolute Gasteiger partial charge is 0.394 e. The van der Waals surface area contributed by atoms with Crippen LogP contribution >= 0.6 is 0 Å². The summed E-state index contributed by atoms with van der Waals surface area (Å²) in [5.74, 6) is 0.623. The zero-order chi connectivity index (χ0) is 23.9. The van der Waals surface area contributed by atoms with E-state index in [-0.39, 0.29) is 4.90 Å². The number of sulfonamides is 1. The molecule has 0 spiro atoms. The Morgan fingerprint density at radius 2 is 1.58 bits per heavy atom. The molecule has 1 saturated carbocycles. The number of hydrogen-bond donors (Lipinski definition) is 4. The minimum atomic E-state index is -3.73. The third kappa shape index (κ3) is 4.85. The van der Waals surface area contributed by atoms with E-state index in [1.54, 1.807) is 6.07 Å². The highest BCUT2D eigenvalue weighted by molar-refractivity contribution is 7.89. The Bertz CT molecular complexity index is 1080. The Morgan fingerprint density at radius 3 is 2.15 bits per heavy atom. The van der Waals surface area contributed by atoms with Gasteiger partial charge in [0.25, 0.3) is 0 Å². The van der Waals surface area contributed by atoms with Gasteiger partial charge < -0.3 is 25.2 Å². The number of aliphatic hydroxyl groups excluding tert-OH is 4. The van der Waals surface area contributed by atoms with Gasteiger partial charge in [0.1, 0.15) is 30.5 Å². The van der Waals surface area contributed by atoms with E-state index in [2.05, 4.69) is 12.1 Å². The van der Waals surface area contributed by atoms with Crippen molar-refractivity contribution in [3.8, 4) is 0 Å². The molecule has 0 aromatic heterocycles. The van der Waals surface area contributed by atoms with Gasteiger partial charge in [-0.25, -0.2) is 12.7 Å². The molecule has 0 unspecified atom stereocenters. The number of benzene rings is 2. The molecule has 2 aromatic rings. The molecule has 9 heteroatoms. The fourth-order valence-electron chi connectivity index (χ4n) is 4.28. The van der Waals surface area contributed by atoms with Crippen LogP contribution in [-0.4, -0.2) is 78.3 Å². The van der Waals surface area contributed by atoms with Crippen molar-refractivity contribution in [1.29, 1.82) is 0 Å². The average Bonchev–Trinajstić information content (AvgIpc) is 3.63. The van der Waals surface area contributed by atoms with Crippen LogP contribution < -0.4 is 0 Å². The van der Waals surface area contributed by atoms with Gasteiger partial charge in [-0.3, -0.25) is 0 Å². The molecule has 4 rings (SSSR count). The van der Waals surface area contributed by atoms with Crippen LogP contribution in [0, 0.1) is 0 Å². The summed E-state index contributed by atoms with van der Waals surface area (Å²) in [6.07, 6.45) is -3.74. The first-order chi connectivity index (χ1) is 15.6. The van der Waals surface area contributed by atoms with Crippen molar-refractivity contribution in [3.05, 3.63) is 64.7 Å². The quantitative estimate of drug-likeness (QED) is 0.467.